The molecule has 3 unspecified atom stereocenters. The number of halogens is 1. The molecule has 3 atom stereocenters. The minimum absolute atomic E-state index is 0.330. The Labute approximate surface area is 99.0 Å². The van der Waals surface area contributed by atoms with Gasteiger partial charge in [0.25, 0.3) is 5.56 Å². The van der Waals surface area contributed by atoms with Crippen molar-refractivity contribution in [1.29, 1.82) is 0 Å². The van der Waals surface area contributed by atoms with Crippen molar-refractivity contribution in [3.63, 3.8) is 0 Å². The highest BCUT2D eigenvalue weighted by Crippen LogP contribution is 2.28. The predicted molar refractivity (Wildman–Crippen MR) is 59.7 cm³/mol. The van der Waals surface area contributed by atoms with Gasteiger partial charge in [-0.2, -0.15) is 0 Å². The SMILES string of the molecule is O=c1ccn(C2CC(O)C(CBr)O2)c(=O)[nH]1. The van der Waals surface area contributed by atoms with Crippen LogP contribution in [0.1, 0.15) is 12.6 Å². The summed E-state index contributed by atoms with van der Waals surface area (Å²) in [7, 11) is 0. The number of aliphatic hydroxyl groups is 1. The molecule has 16 heavy (non-hydrogen) atoms. The molecule has 0 spiro atoms. The van der Waals surface area contributed by atoms with Crippen LogP contribution in [-0.2, 0) is 4.74 Å². The van der Waals surface area contributed by atoms with Gasteiger partial charge in [-0.25, -0.2) is 4.79 Å². The molecule has 0 aromatic carbocycles. The van der Waals surface area contributed by atoms with Crippen molar-refractivity contribution < 1.29 is 9.84 Å². The molecule has 88 valence electrons. The number of aliphatic hydroxyl groups excluding tert-OH is 1. The summed E-state index contributed by atoms with van der Waals surface area (Å²) in [5.41, 5.74) is -0.975. The second-order valence-electron chi connectivity index (χ2n) is 3.60. The molecule has 2 rings (SSSR count). The van der Waals surface area contributed by atoms with Crippen molar-refractivity contribution in [2.24, 2.45) is 0 Å². The molecular weight excluding hydrogens is 280 g/mol. The minimum atomic E-state index is -0.608. The number of aromatic amines is 1. The van der Waals surface area contributed by atoms with Gasteiger partial charge in [0.05, 0.1) is 12.2 Å². The Morgan fingerprint density at radius 2 is 2.38 bits per heavy atom. The first-order valence-electron chi connectivity index (χ1n) is 4.83. The van der Waals surface area contributed by atoms with Crippen molar-refractivity contribution >= 4 is 15.9 Å². The number of ether oxygens (including phenoxy) is 1. The smallest absolute Gasteiger partial charge is 0.330 e. The summed E-state index contributed by atoms with van der Waals surface area (Å²) in [4.78, 5) is 24.5. The summed E-state index contributed by atoms with van der Waals surface area (Å²) >= 11 is 3.22. The Hall–Kier alpha value is -0.920. The normalized spacial score (nSPS) is 29.5. The third-order valence-electron chi connectivity index (χ3n) is 2.52. The van der Waals surface area contributed by atoms with Crippen LogP contribution >= 0.6 is 15.9 Å². The fourth-order valence-corrected chi connectivity index (χ4v) is 2.26. The second-order valence-corrected chi connectivity index (χ2v) is 4.25. The van der Waals surface area contributed by atoms with Gasteiger partial charge in [0.1, 0.15) is 6.23 Å². The lowest BCUT2D eigenvalue weighted by molar-refractivity contribution is -0.00695. The molecule has 0 aliphatic carbocycles. The summed E-state index contributed by atoms with van der Waals surface area (Å²) in [6.07, 6.45) is 0.242. The maximum absolute atomic E-state index is 11.5. The van der Waals surface area contributed by atoms with E-state index in [1.807, 2.05) is 0 Å². The summed E-state index contributed by atoms with van der Waals surface area (Å²) in [6, 6.07) is 1.25. The maximum Gasteiger partial charge on any atom is 0.330 e. The Morgan fingerprint density at radius 3 is 2.94 bits per heavy atom. The maximum atomic E-state index is 11.5. The predicted octanol–water partition coefficient (Wildman–Crippen LogP) is -0.420. The van der Waals surface area contributed by atoms with Gasteiger partial charge in [-0.15, -0.1) is 0 Å². The van der Waals surface area contributed by atoms with Crippen LogP contribution in [0, 0.1) is 0 Å². The fourth-order valence-electron chi connectivity index (χ4n) is 1.68. The number of hydrogen-bond donors (Lipinski definition) is 2. The Morgan fingerprint density at radius 1 is 1.62 bits per heavy atom. The number of nitrogens with zero attached hydrogens (tertiary/aromatic N) is 1. The van der Waals surface area contributed by atoms with Crippen LogP contribution in [-0.4, -0.2) is 32.2 Å². The molecule has 1 fully saturated rings. The van der Waals surface area contributed by atoms with Crippen LogP contribution in [0.5, 0.6) is 0 Å². The van der Waals surface area contributed by atoms with E-state index >= 15 is 0 Å². The Kier molecular flexibility index (Phi) is 3.27. The van der Waals surface area contributed by atoms with Crippen LogP contribution in [0.2, 0.25) is 0 Å². The van der Waals surface area contributed by atoms with E-state index in [4.69, 9.17) is 4.74 Å². The monoisotopic (exact) mass is 290 g/mol. The third-order valence-corrected chi connectivity index (χ3v) is 3.16. The van der Waals surface area contributed by atoms with Gasteiger partial charge in [-0.3, -0.25) is 14.3 Å². The number of nitrogens with one attached hydrogen (secondary N) is 1. The van der Waals surface area contributed by atoms with Crippen molar-refractivity contribution in [3.05, 3.63) is 33.1 Å². The van der Waals surface area contributed by atoms with E-state index in [9.17, 15) is 14.7 Å². The molecule has 1 aliphatic heterocycles. The standard InChI is InChI=1S/C9H11BrN2O4/c10-4-6-5(13)3-8(16-6)12-2-1-7(14)11-9(12)15/h1-2,5-6,8,13H,3-4H2,(H,11,14,15). The van der Waals surface area contributed by atoms with Gasteiger partial charge in [-0.1, -0.05) is 15.9 Å². The van der Waals surface area contributed by atoms with Gasteiger partial charge >= 0.3 is 5.69 Å². The summed E-state index contributed by atoms with van der Waals surface area (Å²) < 4.78 is 6.74. The zero-order chi connectivity index (χ0) is 11.7. The lowest BCUT2D eigenvalue weighted by Gasteiger charge is -2.13. The Balaban J connectivity index is 2.27. The first-order valence-corrected chi connectivity index (χ1v) is 5.95. The first kappa shape index (κ1) is 11.6. The number of rotatable bonds is 2. The van der Waals surface area contributed by atoms with Gasteiger partial charge in [0.15, 0.2) is 0 Å². The molecule has 6 nitrogen and oxygen atoms in total. The average molecular weight is 291 g/mol. The number of H-pyrrole nitrogens is 1. The number of hydrogen-bond acceptors (Lipinski definition) is 4. The minimum Gasteiger partial charge on any atom is -0.390 e. The topological polar surface area (TPSA) is 84.3 Å². The van der Waals surface area contributed by atoms with Crippen LogP contribution in [0.15, 0.2) is 21.9 Å². The molecule has 0 radical (unpaired) electrons. The van der Waals surface area contributed by atoms with Gasteiger partial charge in [-0.05, 0) is 0 Å². The number of aromatic nitrogens is 2. The lowest BCUT2D eigenvalue weighted by atomic mass is 10.2. The second kappa shape index (κ2) is 4.52. The molecule has 1 saturated heterocycles. The van der Waals surface area contributed by atoms with Gasteiger partial charge in [0.2, 0.25) is 0 Å². The average Bonchev–Trinajstić information content (AvgIpc) is 2.59. The molecule has 1 aromatic rings. The van der Waals surface area contributed by atoms with E-state index in [2.05, 4.69) is 20.9 Å². The highest BCUT2D eigenvalue weighted by Gasteiger charge is 2.34. The van der Waals surface area contributed by atoms with Crippen molar-refractivity contribution in [1.82, 2.24) is 9.55 Å². The third kappa shape index (κ3) is 2.11. The van der Waals surface area contributed by atoms with E-state index < -0.39 is 23.6 Å². The first-order chi connectivity index (χ1) is 7.61. The Bertz CT molecular complexity index is 483. The molecule has 0 bridgehead atoms. The van der Waals surface area contributed by atoms with Crippen molar-refractivity contribution in [2.75, 3.05) is 5.33 Å². The lowest BCUT2D eigenvalue weighted by Crippen LogP contribution is -2.31. The summed E-state index contributed by atoms with van der Waals surface area (Å²) in [6.45, 7) is 0. The van der Waals surface area contributed by atoms with Crippen LogP contribution in [0.3, 0.4) is 0 Å². The quantitative estimate of drug-likeness (QED) is 0.725. The van der Waals surface area contributed by atoms with E-state index in [0.29, 0.717) is 11.8 Å². The van der Waals surface area contributed by atoms with Crippen molar-refractivity contribution in [2.45, 2.75) is 24.9 Å². The van der Waals surface area contributed by atoms with Crippen molar-refractivity contribution in [3.8, 4) is 0 Å². The van der Waals surface area contributed by atoms with E-state index in [1.165, 1.54) is 16.8 Å². The van der Waals surface area contributed by atoms with E-state index in [1.54, 1.807) is 0 Å². The molecule has 7 heteroatoms. The summed E-state index contributed by atoms with van der Waals surface area (Å²) in [5, 5.41) is 10.1. The van der Waals surface area contributed by atoms with E-state index in [0.717, 1.165) is 0 Å². The molecule has 2 N–H and O–H groups in total. The molecule has 1 aliphatic rings. The highest BCUT2D eigenvalue weighted by atomic mass is 79.9. The molecule has 0 saturated carbocycles. The number of alkyl halides is 1. The summed E-state index contributed by atoms with van der Waals surface area (Å²) in [5.74, 6) is 0. The van der Waals surface area contributed by atoms with E-state index in [-0.39, 0.29) is 6.10 Å². The van der Waals surface area contributed by atoms with Crippen LogP contribution in [0.4, 0.5) is 0 Å². The molecular formula is C9H11BrN2O4. The molecule has 1 aromatic heterocycles. The van der Waals surface area contributed by atoms with Gasteiger partial charge < -0.3 is 9.84 Å². The largest absolute Gasteiger partial charge is 0.390 e. The van der Waals surface area contributed by atoms with Crippen LogP contribution < -0.4 is 11.2 Å². The highest BCUT2D eigenvalue weighted by molar-refractivity contribution is 9.09. The zero-order valence-corrected chi connectivity index (χ0v) is 9.88. The van der Waals surface area contributed by atoms with Gasteiger partial charge in [0, 0.05) is 24.0 Å². The molecule has 2 heterocycles. The molecule has 0 amide bonds. The van der Waals surface area contributed by atoms with Crippen LogP contribution in [0.25, 0.3) is 0 Å². The zero-order valence-electron chi connectivity index (χ0n) is 8.30. The fraction of sp³-hybridized carbons (Fsp3) is 0.556.